The van der Waals surface area contributed by atoms with Gasteiger partial charge in [0, 0.05) is 24.8 Å². The summed E-state index contributed by atoms with van der Waals surface area (Å²) in [5.74, 6) is -0.355. The number of nitrogens with one attached hydrogen (secondary N) is 2. The van der Waals surface area contributed by atoms with Crippen LogP contribution in [-0.4, -0.2) is 39.9 Å². The number of sulfonamides is 1. The van der Waals surface area contributed by atoms with Crippen molar-refractivity contribution in [3.8, 4) is 5.75 Å². The molecule has 1 aliphatic heterocycles. The van der Waals surface area contributed by atoms with Crippen molar-refractivity contribution < 1.29 is 26.7 Å². The summed E-state index contributed by atoms with van der Waals surface area (Å²) in [5.41, 5.74) is 1.89. The summed E-state index contributed by atoms with van der Waals surface area (Å²) in [7, 11) is -3.57. The molecule has 2 amide bonds. The molecule has 1 aliphatic rings. The van der Waals surface area contributed by atoms with Crippen LogP contribution in [0.4, 0.5) is 25.0 Å². The van der Waals surface area contributed by atoms with Gasteiger partial charge in [0.05, 0.1) is 11.4 Å². The molecule has 150 valence electrons. The summed E-state index contributed by atoms with van der Waals surface area (Å²) < 4.78 is 55.2. The van der Waals surface area contributed by atoms with Crippen LogP contribution in [0.1, 0.15) is 5.56 Å². The Balaban J connectivity index is 1.52. The summed E-state index contributed by atoms with van der Waals surface area (Å²) in [5, 5.41) is 4.89. The second-order valence-corrected chi connectivity index (χ2v) is 8.07. The zero-order valence-electron chi connectivity index (χ0n) is 14.8. The standard InChI is InChI=1S/C18H19F2N3O4S/c19-17(20)27-15-6-3-5-14(12-15)22-18(24)21-9-11-28(25,26)23-10-8-13-4-1-2-7-16(13)23/h1-7,12,17H,8-11H2,(H2,21,22,24). The van der Waals surface area contributed by atoms with Gasteiger partial charge in [-0.1, -0.05) is 24.3 Å². The summed E-state index contributed by atoms with van der Waals surface area (Å²) in [6.07, 6.45) is 0.653. The number of benzene rings is 2. The predicted molar refractivity (Wildman–Crippen MR) is 101 cm³/mol. The van der Waals surface area contributed by atoms with Gasteiger partial charge in [-0.3, -0.25) is 4.31 Å². The molecule has 0 aliphatic carbocycles. The number of nitrogens with zero attached hydrogens (tertiary/aromatic N) is 1. The number of halogens is 2. The molecule has 0 unspecified atom stereocenters. The third-order valence-corrected chi connectivity index (χ3v) is 5.91. The molecule has 2 aromatic carbocycles. The molecule has 0 radical (unpaired) electrons. The molecule has 0 aromatic heterocycles. The van der Waals surface area contributed by atoms with Gasteiger partial charge in [0.15, 0.2) is 0 Å². The maximum absolute atomic E-state index is 12.5. The van der Waals surface area contributed by atoms with Crippen molar-refractivity contribution in [3.63, 3.8) is 0 Å². The molecule has 2 aromatic rings. The average Bonchev–Trinajstić information content (AvgIpc) is 3.06. The first kappa shape index (κ1) is 19.9. The largest absolute Gasteiger partial charge is 0.435 e. The molecular weight excluding hydrogens is 392 g/mol. The number of ether oxygens (including phenoxy) is 1. The fourth-order valence-electron chi connectivity index (χ4n) is 2.93. The first-order chi connectivity index (χ1) is 13.3. The molecular formula is C18H19F2N3O4S. The number of carbonyl (C=O) groups is 1. The first-order valence-corrected chi connectivity index (χ1v) is 10.1. The van der Waals surface area contributed by atoms with Crippen molar-refractivity contribution in [1.82, 2.24) is 5.32 Å². The van der Waals surface area contributed by atoms with E-state index in [0.29, 0.717) is 18.7 Å². The van der Waals surface area contributed by atoms with Crippen molar-refractivity contribution in [2.75, 3.05) is 28.5 Å². The number of amides is 2. The highest BCUT2D eigenvalue weighted by Crippen LogP contribution is 2.29. The zero-order chi connectivity index (χ0) is 20.1. The van der Waals surface area contributed by atoms with E-state index in [1.165, 1.54) is 28.6 Å². The van der Waals surface area contributed by atoms with Crippen LogP contribution < -0.4 is 19.7 Å². The summed E-state index contributed by atoms with van der Waals surface area (Å²) in [4.78, 5) is 11.9. The molecule has 1 heterocycles. The van der Waals surface area contributed by atoms with E-state index in [0.717, 1.165) is 5.56 Å². The summed E-state index contributed by atoms with van der Waals surface area (Å²) in [6, 6.07) is 12.2. The van der Waals surface area contributed by atoms with E-state index in [1.54, 1.807) is 12.1 Å². The number of alkyl halides is 2. The van der Waals surface area contributed by atoms with Crippen molar-refractivity contribution in [1.29, 1.82) is 0 Å². The molecule has 3 rings (SSSR count). The van der Waals surface area contributed by atoms with Crippen LogP contribution in [0.15, 0.2) is 48.5 Å². The lowest BCUT2D eigenvalue weighted by Gasteiger charge is -2.19. The topological polar surface area (TPSA) is 87.7 Å². The van der Waals surface area contributed by atoms with Gasteiger partial charge in [0.1, 0.15) is 5.75 Å². The van der Waals surface area contributed by atoms with Crippen LogP contribution in [-0.2, 0) is 16.4 Å². The van der Waals surface area contributed by atoms with Crippen molar-refractivity contribution in [2.24, 2.45) is 0 Å². The van der Waals surface area contributed by atoms with Gasteiger partial charge >= 0.3 is 12.6 Å². The maximum Gasteiger partial charge on any atom is 0.387 e. The number of urea groups is 1. The second kappa shape index (κ2) is 8.42. The number of para-hydroxylation sites is 1. The Morgan fingerprint density at radius 1 is 1.18 bits per heavy atom. The van der Waals surface area contributed by atoms with E-state index in [-0.39, 0.29) is 23.7 Å². The minimum absolute atomic E-state index is 0.0944. The van der Waals surface area contributed by atoms with Gasteiger partial charge < -0.3 is 15.4 Å². The van der Waals surface area contributed by atoms with E-state index in [9.17, 15) is 22.0 Å². The summed E-state index contributed by atoms with van der Waals surface area (Å²) >= 11 is 0. The maximum atomic E-state index is 12.5. The van der Waals surface area contributed by atoms with Crippen LogP contribution >= 0.6 is 0 Å². The second-order valence-electron chi connectivity index (χ2n) is 6.05. The van der Waals surface area contributed by atoms with E-state index < -0.39 is 22.7 Å². The van der Waals surface area contributed by atoms with Gasteiger partial charge in [0.2, 0.25) is 10.0 Å². The highest BCUT2D eigenvalue weighted by atomic mass is 32.2. The molecule has 2 N–H and O–H groups in total. The number of fused-ring (bicyclic) bond motifs is 1. The Hall–Kier alpha value is -2.88. The first-order valence-electron chi connectivity index (χ1n) is 8.53. The van der Waals surface area contributed by atoms with Crippen LogP contribution in [0.25, 0.3) is 0 Å². The normalized spacial score (nSPS) is 13.3. The number of hydrogen-bond donors (Lipinski definition) is 2. The molecule has 0 saturated carbocycles. The quantitative estimate of drug-likeness (QED) is 0.734. The Morgan fingerprint density at radius 3 is 2.75 bits per heavy atom. The van der Waals surface area contributed by atoms with Gasteiger partial charge in [-0.05, 0) is 30.2 Å². The molecule has 0 atom stereocenters. The molecule has 10 heteroatoms. The van der Waals surface area contributed by atoms with Crippen LogP contribution in [0.5, 0.6) is 5.75 Å². The Kier molecular flexibility index (Phi) is 5.98. The van der Waals surface area contributed by atoms with Crippen molar-refractivity contribution in [3.05, 3.63) is 54.1 Å². The number of hydrogen-bond acceptors (Lipinski definition) is 4. The number of anilines is 2. The number of rotatable bonds is 7. The molecule has 0 spiro atoms. The SMILES string of the molecule is O=C(NCCS(=O)(=O)N1CCc2ccccc21)Nc1cccc(OC(F)F)c1. The van der Waals surface area contributed by atoms with Gasteiger partial charge in [-0.15, -0.1) is 0 Å². The minimum atomic E-state index is -3.57. The molecule has 0 bridgehead atoms. The van der Waals surface area contributed by atoms with Gasteiger partial charge in [-0.2, -0.15) is 8.78 Å². The Morgan fingerprint density at radius 2 is 1.96 bits per heavy atom. The van der Waals surface area contributed by atoms with Crippen molar-refractivity contribution in [2.45, 2.75) is 13.0 Å². The van der Waals surface area contributed by atoms with Gasteiger partial charge in [-0.25, -0.2) is 13.2 Å². The highest BCUT2D eigenvalue weighted by Gasteiger charge is 2.28. The molecule has 0 fully saturated rings. The fourth-order valence-corrected chi connectivity index (χ4v) is 4.35. The molecule has 28 heavy (non-hydrogen) atoms. The van der Waals surface area contributed by atoms with E-state index in [4.69, 9.17) is 0 Å². The predicted octanol–water partition coefficient (Wildman–Crippen LogP) is 2.80. The highest BCUT2D eigenvalue weighted by molar-refractivity contribution is 7.92. The van der Waals surface area contributed by atoms with Gasteiger partial charge in [0.25, 0.3) is 0 Å². The lowest BCUT2D eigenvalue weighted by molar-refractivity contribution is -0.0498. The van der Waals surface area contributed by atoms with Crippen LogP contribution in [0.3, 0.4) is 0 Å². The fraction of sp³-hybridized carbons (Fsp3) is 0.278. The van der Waals surface area contributed by atoms with E-state index in [1.807, 2.05) is 12.1 Å². The molecule has 0 saturated heterocycles. The third-order valence-electron chi connectivity index (χ3n) is 4.14. The van der Waals surface area contributed by atoms with Crippen LogP contribution in [0.2, 0.25) is 0 Å². The van der Waals surface area contributed by atoms with E-state index in [2.05, 4.69) is 15.4 Å². The third kappa shape index (κ3) is 4.89. The minimum Gasteiger partial charge on any atom is -0.435 e. The average molecular weight is 411 g/mol. The smallest absolute Gasteiger partial charge is 0.387 e. The number of carbonyl (C=O) groups excluding carboxylic acids is 1. The van der Waals surface area contributed by atoms with Crippen LogP contribution in [0, 0.1) is 0 Å². The lowest BCUT2D eigenvalue weighted by Crippen LogP contribution is -2.38. The Labute approximate surface area is 161 Å². The zero-order valence-corrected chi connectivity index (χ0v) is 15.6. The molecule has 7 nitrogen and oxygen atoms in total. The van der Waals surface area contributed by atoms with Crippen molar-refractivity contribution >= 4 is 27.4 Å². The monoisotopic (exact) mass is 411 g/mol. The lowest BCUT2D eigenvalue weighted by atomic mass is 10.2. The Bertz CT molecular complexity index is 953. The van der Waals surface area contributed by atoms with E-state index >= 15 is 0 Å². The summed E-state index contributed by atoms with van der Waals surface area (Å²) in [6.45, 7) is -2.68.